The van der Waals surface area contributed by atoms with E-state index in [2.05, 4.69) is 10.0 Å². The molecule has 0 unspecified atom stereocenters. The van der Waals surface area contributed by atoms with Crippen LogP contribution in [0.1, 0.15) is 34.5 Å². The van der Waals surface area contributed by atoms with E-state index in [4.69, 9.17) is 4.74 Å². The SMILES string of the molecule is COc1ccc(S(=O)(=O)Nc2cc(C(=O)N[C@H](C)c3ccc(F)cc3)ccc2C)cc1. The van der Waals surface area contributed by atoms with E-state index in [9.17, 15) is 17.6 Å². The van der Waals surface area contributed by atoms with Crippen molar-refractivity contribution < 1.29 is 22.3 Å². The van der Waals surface area contributed by atoms with Crippen LogP contribution in [0.15, 0.2) is 71.6 Å². The van der Waals surface area contributed by atoms with Crippen LogP contribution in [0, 0.1) is 12.7 Å². The second kappa shape index (κ2) is 9.18. The molecule has 162 valence electrons. The Kier molecular flexibility index (Phi) is 6.60. The zero-order valence-corrected chi connectivity index (χ0v) is 18.2. The molecule has 0 aliphatic carbocycles. The van der Waals surface area contributed by atoms with Gasteiger partial charge in [0.05, 0.1) is 23.7 Å². The minimum Gasteiger partial charge on any atom is -0.497 e. The number of hydrogen-bond acceptors (Lipinski definition) is 4. The lowest BCUT2D eigenvalue weighted by Gasteiger charge is -2.16. The average molecular weight is 443 g/mol. The molecule has 1 amide bonds. The number of halogens is 1. The monoisotopic (exact) mass is 442 g/mol. The molecule has 0 aliphatic rings. The van der Waals surface area contributed by atoms with E-state index in [1.807, 2.05) is 0 Å². The topological polar surface area (TPSA) is 84.5 Å². The lowest BCUT2D eigenvalue weighted by atomic mass is 10.1. The highest BCUT2D eigenvalue weighted by atomic mass is 32.2. The highest BCUT2D eigenvalue weighted by molar-refractivity contribution is 7.92. The maximum Gasteiger partial charge on any atom is 0.261 e. The van der Waals surface area contributed by atoms with Gasteiger partial charge in [0.2, 0.25) is 0 Å². The molecule has 0 radical (unpaired) electrons. The molecule has 0 bridgehead atoms. The third-order valence-corrected chi connectivity index (χ3v) is 6.21. The number of anilines is 1. The van der Waals surface area contributed by atoms with Gasteiger partial charge in [0.1, 0.15) is 11.6 Å². The van der Waals surface area contributed by atoms with Gasteiger partial charge in [-0.05, 0) is 73.5 Å². The van der Waals surface area contributed by atoms with E-state index < -0.39 is 10.0 Å². The number of carbonyl (C=O) groups is 1. The fourth-order valence-corrected chi connectivity index (χ4v) is 4.07. The number of rotatable bonds is 7. The Morgan fingerprint density at radius 1 is 1.00 bits per heavy atom. The molecule has 0 saturated carbocycles. The molecule has 0 aliphatic heterocycles. The summed E-state index contributed by atoms with van der Waals surface area (Å²) in [4.78, 5) is 12.8. The highest BCUT2D eigenvalue weighted by Crippen LogP contribution is 2.23. The van der Waals surface area contributed by atoms with Crippen molar-refractivity contribution in [2.45, 2.75) is 24.8 Å². The first-order valence-electron chi connectivity index (χ1n) is 9.53. The molecule has 1 atom stereocenters. The molecule has 6 nitrogen and oxygen atoms in total. The Balaban J connectivity index is 1.78. The first-order valence-corrected chi connectivity index (χ1v) is 11.0. The van der Waals surface area contributed by atoms with Crippen molar-refractivity contribution in [1.29, 1.82) is 0 Å². The van der Waals surface area contributed by atoms with Gasteiger partial charge in [-0.25, -0.2) is 12.8 Å². The van der Waals surface area contributed by atoms with Gasteiger partial charge >= 0.3 is 0 Å². The van der Waals surface area contributed by atoms with Gasteiger partial charge in [-0.2, -0.15) is 0 Å². The van der Waals surface area contributed by atoms with Gasteiger partial charge in [-0.1, -0.05) is 18.2 Å². The molecular formula is C23H23FN2O4S. The fourth-order valence-electron chi connectivity index (χ4n) is 2.95. The van der Waals surface area contributed by atoms with E-state index in [0.717, 1.165) is 5.56 Å². The largest absolute Gasteiger partial charge is 0.497 e. The molecular weight excluding hydrogens is 419 g/mol. The third-order valence-electron chi connectivity index (χ3n) is 4.83. The number of benzene rings is 3. The predicted molar refractivity (Wildman–Crippen MR) is 117 cm³/mol. The summed E-state index contributed by atoms with van der Waals surface area (Å²) in [5, 5.41) is 2.83. The molecule has 0 aromatic heterocycles. The maximum absolute atomic E-state index is 13.1. The molecule has 0 spiro atoms. The standard InChI is InChI=1S/C23H23FN2O4S/c1-15-4-5-18(23(27)25-16(2)17-6-8-19(24)9-7-17)14-22(15)26-31(28,29)21-12-10-20(30-3)11-13-21/h4-14,16,26H,1-3H3,(H,25,27)/t16-/m1/s1. The Morgan fingerprint density at radius 3 is 2.26 bits per heavy atom. The second-order valence-electron chi connectivity index (χ2n) is 7.06. The molecule has 3 aromatic carbocycles. The van der Waals surface area contributed by atoms with Gasteiger partial charge < -0.3 is 10.1 Å². The molecule has 0 fully saturated rings. The number of nitrogens with one attached hydrogen (secondary N) is 2. The number of amides is 1. The van der Waals surface area contributed by atoms with Crippen molar-refractivity contribution in [2.75, 3.05) is 11.8 Å². The summed E-state index contributed by atoms with van der Waals surface area (Å²) in [7, 11) is -2.35. The summed E-state index contributed by atoms with van der Waals surface area (Å²) in [6.45, 7) is 3.53. The van der Waals surface area contributed by atoms with Crippen molar-refractivity contribution in [3.05, 3.63) is 89.2 Å². The lowest BCUT2D eigenvalue weighted by Crippen LogP contribution is -2.26. The summed E-state index contributed by atoms with van der Waals surface area (Å²) in [6.07, 6.45) is 0. The quantitative estimate of drug-likeness (QED) is 0.567. The predicted octanol–water partition coefficient (Wildman–Crippen LogP) is 4.43. The summed E-state index contributed by atoms with van der Waals surface area (Å²) in [5.74, 6) is -0.180. The normalized spacial score (nSPS) is 12.1. The number of carbonyl (C=O) groups excluding carboxylic acids is 1. The number of sulfonamides is 1. The van der Waals surface area contributed by atoms with Crippen molar-refractivity contribution in [2.24, 2.45) is 0 Å². The Hall–Kier alpha value is -3.39. The molecule has 0 heterocycles. The summed E-state index contributed by atoms with van der Waals surface area (Å²) >= 11 is 0. The minimum absolute atomic E-state index is 0.0764. The number of aryl methyl sites for hydroxylation is 1. The van der Waals surface area contributed by atoms with Gasteiger partial charge in [0.15, 0.2) is 0 Å². The summed E-state index contributed by atoms with van der Waals surface area (Å²) in [5.41, 5.74) is 2.02. The lowest BCUT2D eigenvalue weighted by molar-refractivity contribution is 0.0940. The van der Waals surface area contributed by atoms with Crippen LogP contribution in [-0.2, 0) is 10.0 Å². The van der Waals surface area contributed by atoms with Crippen LogP contribution in [0.25, 0.3) is 0 Å². The Labute approximate surface area is 181 Å². The van der Waals surface area contributed by atoms with Gasteiger partial charge in [0, 0.05) is 5.56 Å². The first kappa shape index (κ1) is 22.3. The van der Waals surface area contributed by atoms with Crippen LogP contribution in [0.3, 0.4) is 0 Å². The second-order valence-corrected chi connectivity index (χ2v) is 8.74. The minimum atomic E-state index is -3.85. The van der Waals surface area contributed by atoms with Gasteiger partial charge in [-0.15, -0.1) is 0 Å². The van der Waals surface area contributed by atoms with E-state index in [-0.39, 0.29) is 22.7 Å². The van der Waals surface area contributed by atoms with E-state index >= 15 is 0 Å². The number of ether oxygens (including phenoxy) is 1. The molecule has 3 aromatic rings. The van der Waals surface area contributed by atoms with Crippen LogP contribution in [0.2, 0.25) is 0 Å². The van der Waals surface area contributed by atoms with Crippen LogP contribution in [0.4, 0.5) is 10.1 Å². The Morgan fingerprint density at radius 2 is 1.65 bits per heavy atom. The summed E-state index contributed by atoms with van der Waals surface area (Å²) < 4.78 is 46.2. The zero-order chi connectivity index (χ0) is 22.6. The van der Waals surface area contributed by atoms with Crippen LogP contribution >= 0.6 is 0 Å². The van der Waals surface area contributed by atoms with Crippen molar-refractivity contribution in [1.82, 2.24) is 5.32 Å². The Bertz CT molecular complexity index is 1180. The smallest absolute Gasteiger partial charge is 0.261 e. The summed E-state index contributed by atoms with van der Waals surface area (Å²) in [6, 6.07) is 16.3. The maximum atomic E-state index is 13.1. The van der Waals surface area contributed by atoms with Crippen molar-refractivity contribution in [3.8, 4) is 5.75 Å². The van der Waals surface area contributed by atoms with E-state index in [1.165, 1.54) is 37.4 Å². The van der Waals surface area contributed by atoms with Crippen molar-refractivity contribution in [3.63, 3.8) is 0 Å². The van der Waals surface area contributed by atoms with E-state index in [0.29, 0.717) is 22.6 Å². The number of hydrogen-bond donors (Lipinski definition) is 2. The zero-order valence-electron chi connectivity index (χ0n) is 17.3. The molecule has 2 N–H and O–H groups in total. The molecule has 0 saturated heterocycles. The van der Waals surface area contributed by atoms with Crippen LogP contribution in [0.5, 0.6) is 5.75 Å². The molecule has 8 heteroatoms. The first-order chi connectivity index (χ1) is 14.7. The van der Waals surface area contributed by atoms with Gasteiger partial charge in [0.25, 0.3) is 15.9 Å². The van der Waals surface area contributed by atoms with Crippen LogP contribution in [-0.4, -0.2) is 21.4 Å². The third kappa shape index (κ3) is 5.40. The van der Waals surface area contributed by atoms with E-state index in [1.54, 1.807) is 50.2 Å². The fraction of sp³-hybridized carbons (Fsp3) is 0.174. The average Bonchev–Trinajstić information content (AvgIpc) is 2.75. The van der Waals surface area contributed by atoms with Crippen LogP contribution < -0.4 is 14.8 Å². The number of methoxy groups -OCH3 is 1. The highest BCUT2D eigenvalue weighted by Gasteiger charge is 2.18. The molecule has 3 rings (SSSR count). The van der Waals surface area contributed by atoms with Crippen molar-refractivity contribution >= 4 is 21.6 Å². The van der Waals surface area contributed by atoms with Gasteiger partial charge in [-0.3, -0.25) is 9.52 Å². The molecule has 31 heavy (non-hydrogen) atoms.